The number of rotatable bonds is 7. The van der Waals surface area contributed by atoms with Crippen LogP contribution in [0.5, 0.6) is 11.5 Å². The van der Waals surface area contributed by atoms with Crippen LogP contribution >= 0.6 is 11.3 Å². The maximum Gasteiger partial charge on any atom is 0.290 e. The van der Waals surface area contributed by atoms with Gasteiger partial charge < -0.3 is 19.2 Å². The summed E-state index contributed by atoms with van der Waals surface area (Å²) in [5, 5.41) is 11.6. The third-order valence-corrected chi connectivity index (χ3v) is 6.79. The van der Waals surface area contributed by atoms with Crippen LogP contribution in [-0.2, 0) is 11.3 Å². The van der Waals surface area contributed by atoms with Gasteiger partial charge in [-0.05, 0) is 55.8 Å². The molecule has 3 heterocycles. The summed E-state index contributed by atoms with van der Waals surface area (Å²) in [6.07, 6.45) is 1.52. The summed E-state index contributed by atoms with van der Waals surface area (Å²) in [5.41, 5.74) is 1.21. The molecule has 0 fully saturated rings. The fourth-order valence-electron chi connectivity index (χ4n) is 4.20. The maximum atomic E-state index is 13.7. The molecule has 0 saturated carbocycles. The lowest BCUT2D eigenvalue weighted by Crippen LogP contribution is -2.30. The number of benzene rings is 2. The molecule has 2 aromatic carbocycles. The Hall–Kier alpha value is -4.17. The number of carbonyl (C=O) groups is 2. The van der Waals surface area contributed by atoms with E-state index in [1.54, 1.807) is 37.3 Å². The summed E-state index contributed by atoms with van der Waals surface area (Å²) in [6.45, 7) is 3.64. The minimum atomic E-state index is -0.832. The third-order valence-electron chi connectivity index (χ3n) is 5.72. The summed E-state index contributed by atoms with van der Waals surface area (Å²) in [6, 6.07) is 19.1. The van der Waals surface area contributed by atoms with Crippen molar-refractivity contribution in [2.45, 2.75) is 26.4 Å². The van der Waals surface area contributed by atoms with Gasteiger partial charge in [0.15, 0.2) is 5.76 Å². The van der Waals surface area contributed by atoms with Gasteiger partial charge in [-0.3, -0.25) is 9.59 Å². The van der Waals surface area contributed by atoms with E-state index in [-0.39, 0.29) is 12.1 Å². The Morgan fingerprint density at radius 1 is 1.09 bits per heavy atom. The fraction of sp³-hybridized carbons (Fsp3) is 0.148. The SMILES string of the molecule is Cc1nc(C)c(C(=O)C2=C(O)C(=O)N(Cc3ccco3)C2c2cccc(Oc3ccccc3)c2)s1. The summed E-state index contributed by atoms with van der Waals surface area (Å²) in [7, 11) is 0. The van der Waals surface area contributed by atoms with E-state index in [2.05, 4.69) is 4.98 Å². The van der Waals surface area contributed by atoms with Gasteiger partial charge in [0.05, 0.1) is 40.0 Å². The number of aryl methyl sites for hydroxylation is 2. The zero-order valence-corrected chi connectivity index (χ0v) is 19.9. The molecule has 35 heavy (non-hydrogen) atoms. The van der Waals surface area contributed by atoms with E-state index < -0.39 is 23.5 Å². The molecule has 5 rings (SSSR count). The molecule has 1 atom stereocenters. The Labute approximate surface area is 205 Å². The number of aromatic nitrogens is 1. The molecule has 1 aliphatic heterocycles. The summed E-state index contributed by atoms with van der Waals surface area (Å²) in [5.74, 6) is 0.119. The molecule has 0 saturated heterocycles. The monoisotopic (exact) mass is 486 g/mol. The molecule has 176 valence electrons. The number of ketones is 1. The smallest absolute Gasteiger partial charge is 0.290 e. The molecule has 0 spiro atoms. The number of nitrogens with zero attached hydrogens (tertiary/aromatic N) is 2. The van der Waals surface area contributed by atoms with Crippen LogP contribution < -0.4 is 4.74 Å². The minimum absolute atomic E-state index is 0.0187. The molecule has 2 aromatic heterocycles. The fourth-order valence-corrected chi connectivity index (χ4v) is 5.08. The molecular weight excluding hydrogens is 464 g/mol. The first kappa shape index (κ1) is 22.6. The van der Waals surface area contributed by atoms with Gasteiger partial charge in [-0.2, -0.15) is 0 Å². The van der Waals surface area contributed by atoms with Crippen LogP contribution in [0.15, 0.2) is 88.7 Å². The molecule has 1 amide bonds. The molecule has 7 nitrogen and oxygen atoms in total. The lowest BCUT2D eigenvalue weighted by molar-refractivity contribution is -0.130. The zero-order valence-electron chi connectivity index (χ0n) is 19.1. The van der Waals surface area contributed by atoms with Gasteiger partial charge >= 0.3 is 0 Å². The second-order valence-corrected chi connectivity index (χ2v) is 9.34. The van der Waals surface area contributed by atoms with E-state index in [0.717, 1.165) is 5.01 Å². The molecule has 1 aliphatic rings. The van der Waals surface area contributed by atoms with Gasteiger partial charge in [0.1, 0.15) is 17.3 Å². The number of amides is 1. The van der Waals surface area contributed by atoms with Gasteiger partial charge in [0.25, 0.3) is 5.91 Å². The number of aliphatic hydroxyl groups excluding tert-OH is 1. The number of para-hydroxylation sites is 1. The largest absolute Gasteiger partial charge is 0.503 e. The molecule has 0 radical (unpaired) electrons. The van der Waals surface area contributed by atoms with Crippen LogP contribution in [0.1, 0.15) is 37.7 Å². The van der Waals surface area contributed by atoms with Crippen LogP contribution in [0.25, 0.3) is 0 Å². The maximum absolute atomic E-state index is 13.7. The number of thiazole rings is 1. The van der Waals surface area contributed by atoms with Crippen LogP contribution in [-0.4, -0.2) is 26.7 Å². The van der Waals surface area contributed by atoms with E-state index in [4.69, 9.17) is 9.15 Å². The molecule has 8 heteroatoms. The predicted octanol–water partition coefficient (Wildman–Crippen LogP) is 5.92. The average molecular weight is 487 g/mol. The normalized spacial score (nSPS) is 15.7. The lowest BCUT2D eigenvalue weighted by Gasteiger charge is -2.26. The first-order valence-corrected chi connectivity index (χ1v) is 11.8. The third kappa shape index (κ3) is 4.36. The van der Waals surface area contributed by atoms with Crippen molar-refractivity contribution < 1.29 is 23.8 Å². The van der Waals surface area contributed by atoms with Crippen molar-refractivity contribution in [3.05, 3.63) is 111 Å². The Balaban J connectivity index is 1.58. The molecular formula is C27H22N2O5S. The van der Waals surface area contributed by atoms with Crippen LogP contribution in [0, 0.1) is 13.8 Å². The van der Waals surface area contributed by atoms with E-state index in [1.807, 2.05) is 43.3 Å². The molecule has 1 N–H and O–H groups in total. The Kier molecular flexibility index (Phi) is 5.96. The van der Waals surface area contributed by atoms with Crippen LogP contribution in [0.4, 0.5) is 0 Å². The Morgan fingerprint density at radius 3 is 2.54 bits per heavy atom. The highest BCUT2D eigenvalue weighted by Crippen LogP contribution is 2.42. The summed E-state index contributed by atoms with van der Waals surface area (Å²) in [4.78, 5) is 33.1. The number of ether oxygens (including phenoxy) is 1. The number of carbonyl (C=O) groups excluding carboxylic acids is 2. The number of aliphatic hydroxyl groups is 1. The van der Waals surface area contributed by atoms with E-state index in [0.29, 0.717) is 33.4 Å². The van der Waals surface area contributed by atoms with Gasteiger partial charge in [-0.25, -0.2) is 4.98 Å². The highest BCUT2D eigenvalue weighted by atomic mass is 32.1. The van der Waals surface area contributed by atoms with Crippen molar-refractivity contribution in [2.24, 2.45) is 0 Å². The topological polar surface area (TPSA) is 92.9 Å². The number of furan rings is 1. The van der Waals surface area contributed by atoms with Gasteiger partial charge in [0, 0.05) is 0 Å². The average Bonchev–Trinajstić information content (AvgIpc) is 3.55. The lowest BCUT2D eigenvalue weighted by atomic mass is 9.95. The van der Waals surface area contributed by atoms with Crippen molar-refractivity contribution >= 4 is 23.0 Å². The number of hydrogen-bond acceptors (Lipinski definition) is 7. The zero-order chi connectivity index (χ0) is 24.5. The first-order valence-electron chi connectivity index (χ1n) is 11.0. The second kappa shape index (κ2) is 9.23. The summed E-state index contributed by atoms with van der Waals surface area (Å²) >= 11 is 1.24. The van der Waals surface area contributed by atoms with Crippen molar-refractivity contribution in [1.29, 1.82) is 0 Å². The standard InChI is InChI=1S/C27H22N2O5S/c1-16-26(35-17(2)28-16)24(30)22-23(29(27(32)25(22)31)15-21-12-7-13-33-21)18-8-6-11-20(14-18)34-19-9-4-3-5-10-19/h3-14,23,31H,15H2,1-2H3. The number of Topliss-reactive ketones (excluding diaryl/α,β-unsaturated/α-hetero) is 1. The quantitative estimate of drug-likeness (QED) is 0.326. The van der Waals surface area contributed by atoms with Gasteiger partial charge in [-0.15, -0.1) is 11.3 Å². The molecule has 0 aliphatic carbocycles. The Morgan fingerprint density at radius 2 is 1.86 bits per heavy atom. The predicted molar refractivity (Wildman–Crippen MR) is 131 cm³/mol. The molecule has 4 aromatic rings. The van der Waals surface area contributed by atoms with Crippen molar-refractivity contribution in [1.82, 2.24) is 9.88 Å². The second-order valence-electron chi connectivity index (χ2n) is 8.14. The molecule has 0 bridgehead atoms. The van der Waals surface area contributed by atoms with E-state index in [1.165, 1.54) is 22.5 Å². The molecule has 1 unspecified atom stereocenters. The van der Waals surface area contributed by atoms with Crippen LogP contribution in [0.2, 0.25) is 0 Å². The van der Waals surface area contributed by atoms with Crippen molar-refractivity contribution in [3.63, 3.8) is 0 Å². The Bertz CT molecular complexity index is 1420. The van der Waals surface area contributed by atoms with Gasteiger partial charge in [-0.1, -0.05) is 30.3 Å². The highest BCUT2D eigenvalue weighted by Gasteiger charge is 2.45. The van der Waals surface area contributed by atoms with Crippen LogP contribution in [0.3, 0.4) is 0 Å². The van der Waals surface area contributed by atoms with E-state index in [9.17, 15) is 14.7 Å². The van der Waals surface area contributed by atoms with Crippen molar-refractivity contribution in [2.75, 3.05) is 0 Å². The van der Waals surface area contributed by atoms with Gasteiger partial charge in [0.2, 0.25) is 5.78 Å². The van der Waals surface area contributed by atoms with Crippen molar-refractivity contribution in [3.8, 4) is 11.5 Å². The summed E-state index contributed by atoms with van der Waals surface area (Å²) < 4.78 is 11.4. The minimum Gasteiger partial charge on any atom is -0.503 e. The number of hydrogen-bond donors (Lipinski definition) is 1. The highest BCUT2D eigenvalue weighted by molar-refractivity contribution is 7.14. The first-order chi connectivity index (χ1) is 16.9. The van der Waals surface area contributed by atoms with E-state index >= 15 is 0 Å².